The van der Waals surface area contributed by atoms with Crippen molar-refractivity contribution >= 4 is 17.8 Å². The van der Waals surface area contributed by atoms with Gasteiger partial charge in [-0.3, -0.25) is 14.6 Å². The van der Waals surface area contributed by atoms with Crippen LogP contribution in [-0.4, -0.2) is 45.7 Å². The second-order valence-electron chi connectivity index (χ2n) is 7.80. The minimum Gasteiger partial charge on any atom is -0.390 e. The zero-order valence-corrected chi connectivity index (χ0v) is 15.7. The molecule has 0 bridgehead atoms. The van der Waals surface area contributed by atoms with Gasteiger partial charge in [-0.2, -0.15) is 0 Å². The Balaban J connectivity index is 1.86. The fourth-order valence-electron chi connectivity index (χ4n) is 2.98. The molecule has 138 valence electrons. The van der Waals surface area contributed by atoms with Gasteiger partial charge in [0.2, 0.25) is 0 Å². The average Bonchev–Trinajstić information content (AvgIpc) is 3.28. The number of hydrogen-bond donors (Lipinski definition) is 2. The first kappa shape index (κ1) is 19.7. The Kier molecular flexibility index (Phi) is 5.79. The van der Waals surface area contributed by atoms with E-state index in [9.17, 15) is 19.8 Å². The van der Waals surface area contributed by atoms with Gasteiger partial charge in [0.15, 0.2) is 11.6 Å². The highest BCUT2D eigenvalue weighted by Gasteiger charge is 2.39. The van der Waals surface area contributed by atoms with Gasteiger partial charge in [-0.1, -0.05) is 0 Å². The van der Waals surface area contributed by atoms with Crippen LogP contribution in [0, 0.1) is 0 Å². The highest BCUT2D eigenvalue weighted by molar-refractivity contribution is 6.24. The molecule has 0 aromatic rings. The highest BCUT2D eigenvalue weighted by atomic mass is 16.3. The summed E-state index contributed by atoms with van der Waals surface area (Å²) in [6.45, 7) is 7.24. The van der Waals surface area contributed by atoms with E-state index < -0.39 is 11.2 Å². The number of rotatable bonds is 8. The third-order valence-electron chi connectivity index (χ3n) is 5.38. The van der Waals surface area contributed by atoms with Crippen LogP contribution in [0.5, 0.6) is 0 Å². The van der Waals surface area contributed by atoms with Crippen molar-refractivity contribution in [2.45, 2.75) is 77.4 Å². The Morgan fingerprint density at radius 3 is 2.28 bits per heavy atom. The van der Waals surface area contributed by atoms with Crippen molar-refractivity contribution in [1.82, 2.24) is 0 Å². The quantitative estimate of drug-likeness (QED) is 0.522. The van der Waals surface area contributed by atoms with E-state index in [4.69, 9.17) is 0 Å². The number of ketones is 2. The maximum atomic E-state index is 12.4. The van der Waals surface area contributed by atoms with Gasteiger partial charge in [-0.05, 0) is 72.4 Å². The summed E-state index contributed by atoms with van der Waals surface area (Å²) in [5.74, 6) is -0.151. The molecule has 0 radical (unpaired) electrons. The minimum atomic E-state index is -0.927. The third kappa shape index (κ3) is 4.95. The van der Waals surface area contributed by atoms with Crippen molar-refractivity contribution in [2.75, 3.05) is 6.54 Å². The lowest BCUT2D eigenvalue weighted by Gasteiger charge is -2.25. The Labute approximate surface area is 149 Å². The SMILES string of the molecule is CC1=C(C)C(=O)C(CCC(C)(O)CCC=NCC2(O)CC2)=C(C)C1=O. The number of carbonyl (C=O) groups excluding carboxylic acids is 2. The molecule has 1 saturated carbocycles. The summed E-state index contributed by atoms with van der Waals surface area (Å²) in [4.78, 5) is 28.8. The first-order chi connectivity index (χ1) is 11.6. The van der Waals surface area contributed by atoms with Crippen LogP contribution in [0.2, 0.25) is 0 Å². The minimum absolute atomic E-state index is 0.0723. The number of aliphatic hydroxyl groups is 2. The molecule has 0 aromatic heterocycles. The summed E-state index contributed by atoms with van der Waals surface area (Å²) in [5.41, 5.74) is 0.548. The fourth-order valence-corrected chi connectivity index (χ4v) is 2.98. The number of aliphatic imine (C=N–C) groups is 1. The maximum absolute atomic E-state index is 12.4. The molecular weight excluding hydrogens is 318 g/mol. The second kappa shape index (κ2) is 7.34. The molecule has 1 unspecified atom stereocenters. The van der Waals surface area contributed by atoms with E-state index in [0.29, 0.717) is 54.5 Å². The van der Waals surface area contributed by atoms with Crippen LogP contribution in [0.15, 0.2) is 27.3 Å². The van der Waals surface area contributed by atoms with E-state index in [2.05, 4.69) is 4.99 Å². The van der Waals surface area contributed by atoms with Crippen LogP contribution < -0.4 is 0 Å². The van der Waals surface area contributed by atoms with Crippen LogP contribution in [0.25, 0.3) is 0 Å². The van der Waals surface area contributed by atoms with Crippen molar-refractivity contribution in [3.05, 3.63) is 22.3 Å². The number of hydrogen-bond acceptors (Lipinski definition) is 5. The van der Waals surface area contributed by atoms with E-state index in [1.165, 1.54) is 0 Å². The Morgan fingerprint density at radius 2 is 1.68 bits per heavy atom. The van der Waals surface area contributed by atoms with E-state index in [0.717, 1.165) is 12.8 Å². The molecule has 1 atom stereocenters. The molecule has 0 saturated heterocycles. The number of carbonyl (C=O) groups is 2. The summed E-state index contributed by atoms with van der Waals surface area (Å²) >= 11 is 0. The molecule has 0 amide bonds. The first-order valence-electron chi connectivity index (χ1n) is 8.96. The molecular formula is C20H29NO4. The Hall–Kier alpha value is -1.59. The van der Waals surface area contributed by atoms with Crippen LogP contribution in [-0.2, 0) is 9.59 Å². The molecule has 5 heteroatoms. The number of allylic oxidation sites excluding steroid dienone is 4. The lowest BCUT2D eigenvalue weighted by atomic mass is 9.82. The van der Waals surface area contributed by atoms with Crippen LogP contribution >= 0.6 is 0 Å². The molecule has 0 aliphatic heterocycles. The smallest absolute Gasteiger partial charge is 0.185 e. The van der Waals surface area contributed by atoms with Gasteiger partial charge in [-0.25, -0.2) is 0 Å². The molecule has 2 rings (SSSR count). The molecule has 25 heavy (non-hydrogen) atoms. The largest absolute Gasteiger partial charge is 0.390 e. The molecule has 2 aliphatic rings. The summed E-state index contributed by atoms with van der Waals surface area (Å²) < 4.78 is 0. The van der Waals surface area contributed by atoms with Crippen molar-refractivity contribution < 1.29 is 19.8 Å². The first-order valence-corrected chi connectivity index (χ1v) is 8.96. The third-order valence-corrected chi connectivity index (χ3v) is 5.38. The summed E-state index contributed by atoms with van der Waals surface area (Å²) in [7, 11) is 0. The van der Waals surface area contributed by atoms with Gasteiger partial charge < -0.3 is 10.2 Å². The van der Waals surface area contributed by atoms with Crippen LogP contribution in [0.3, 0.4) is 0 Å². The molecule has 0 aromatic carbocycles. The second-order valence-corrected chi connectivity index (χ2v) is 7.80. The van der Waals surface area contributed by atoms with Gasteiger partial charge >= 0.3 is 0 Å². The highest BCUT2D eigenvalue weighted by Crippen LogP contribution is 2.35. The Morgan fingerprint density at radius 1 is 1.08 bits per heavy atom. The fraction of sp³-hybridized carbons (Fsp3) is 0.650. The van der Waals surface area contributed by atoms with Gasteiger partial charge in [0.25, 0.3) is 0 Å². The summed E-state index contributed by atoms with van der Waals surface area (Å²) in [6.07, 6.45) is 5.34. The average molecular weight is 347 g/mol. The van der Waals surface area contributed by atoms with Crippen LogP contribution in [0.4, 0.5) is 0 Å². The lowest BCUT2D eigenvalue weighted by Crippen LogP contribution is -2.27. The topological polar surface area (TPSA) is 87.0 Å². The van der Waals surface area contributed by atoms with Crippen molar-refractivity contribution in [3.8, 4) is 0 Å². The number of Topliss-reactive ketones (excluding diaryl/α,β-unsaturated/α-hetero) is 2. The predicted octanol–water partition coefficient (Wildman–Crippen LogP) is 2.70. The summed E-state index contributed by atoms with van der Waals surface area (Å²) in [6, 6.07) is 0. The molecule has 2 N–H and O–H groups in total. The molecule has 0 spiro atoms. The van der Waals surface area contributed by atoms with Crippen molar-refractivity contribution in [3.63, 3.8) is 0 Å². The standard InChI is InChI=1S/C20H29NO4/c1-13-14(2)18(23)16(15(3)17(13)22)6-8-19(4,24)7-5-11-21-12-20(25)9-10-20/h11,24-25H,5-10,12H2,1-4H3. The van der Waals surface area contributed by atoms with Crippen molar-refractivity contribution in [2.24, 2.45) is 4.99 Å². The molecule has 1 fully saturated rings. The van der Waals surface area contributed by atoms with E-state index in [1.807, 2.05) is 0 Å². The zero-order valence-electron chi connectivity index (χ0n) is 15.7. The predicted molar refractivity (Wildman–Crippen MR) is 97.7 cm³/mol. The van der Waals surface area contributed by atoms with Crippen LogP contribution in [0.1, 0.15) is 66.2 Å². The van der Waals surface area contributed by atoms with E-state index >= 15 is 0 Å². The lowest BCUT2D eigenvalue weighted by molar-refractivity contribution is -0.116. The monoisotopic (exact) mass is 347 g/mol. The Bertz CT molecular complexity index is 663. The van der Waals surface area contributed by atoms with E-state index in [1.54, 1.807) is 33.9 Å². The molecule has 0 heterocycles. The van der Waals surface area contributed by atoms with Gasteiger partial charge in [0.05, 0.1) is 17.7 Å². The van der Waals surface area contributed by atoms with Gasteiger partial charge in [0, 0.05) is 22.3 Å². The van der Waals surface area contributed by atoms with E-state index in [-0.39, 0.29) is 11.6 Å². The normalized spacial score (nSPS) is 22.8. The number of nitrogens with zero attached hydrogens (tertiary/aromatic N) is 1. The molecule has 2 aliphatic carbocycles. The van der Waals surface area contributed by atoms with Crippen molar-refractivity contribution in [1.29, 1.82) is 0 Å². The molecule has 5 nitrogen and oxygen atoms in total. The van der Waals surface area contributed by atoms with Gasteiger partial charge in [0.1, 0.15) is 0 Å². The zero-order chi connectivity index (χ0) is 18.8. The summed E-state index contributed by atoms with van der Waals surface area (Å²) in [5, 5.41) is 20.2. The maximum Gasteiger partial charge on any atom is 0.185 e. The van der Waals surface area contributed by atoms with Gasteiger partial charge in [-0.15, -0.1) is 0 Å².